The Balaban J connectivity index is 2.11. The molecule has 0 aliphatic carbocycles. The lowest BCUT2D eigenvalue weighted by atomic mass is 10.3. The van der Waals surface area contributed by atoms with Gasteiger partial charge in [0.25, 0.3) is 0 Å². The quantitative estimate of drug-likeness (QED) is 0.391. The van der Waals surface area contributed by atoms with Gasteiger partial charge in [-0.2, -0.15) is 0 Å². The Labute approximate surface area is 159 Å². The molecule has 0 saturated carbocycles. The third kappa shape index (κ3) is 6.45. The third-order valence-electron chi connectivity index (χ3n) is 3.23. The van der Waals surface area contributed by atoms with Crippen LogP contribution in [0.2, 0.25) is 0 Å². The first-order valence-corrected chi connectivity index (χ1v) is 10.6. The molecule has 2 rings (SSSR count). The van der Waals surface area contributed by atoms with Gasteiger partial charge in [-0.1, -0.05) is 0 Å². The molecule has 0 radical (unpaired) electrons. The fourth-order valence-corrected chi connectivity index (χ4v) is 3.88. The summed E-state index contributed by atoms with van der Waals surface area (Å²) >= 11 is 5.69. The minimum Gasteiger partial charge on any atom is -0.494 e. The van der Waals surface area contributed by atoms with E-state index in [-0.39, 0.29) is 12.5 Å². The van der Waals surface area contributed by atoms with Crippen molar-refractivity contribution < 1.29 is 18.6 Å². The van der Waals surface area contributed by atoms with Gasteiger partial charge in [-0.05, 0) is 62.4 Å². The molecule has 0 heterocycles. The maximum Gasteiger partial charge on any atom is 0.391 e. The molecule has 26 heavy (non-hydrogen) atoms. The topological polar surface area (TPSA) is 68.8 Å². The van der Waals surface area contributed by atoms with E-state index in [2.05, 4.69) is 10.2 Å². The highest BCUT2D eigenvalue weighted by Crippen LogP contribution is 2.46. The molecule has 2 N–H and O–H groups in total. The average molecular weight is 399 g/mol. The van der Waals surface area contributed by atoms with E-state index in [0.29, 0.717) is 24.6 Å². The predicted molar refractivity (Wildman–Crippen MR) is 107 cm³/mol. The second kappa shape index (κ2) is 10.3. The Kier molecular flexibility index (Phi) is 8.10. The van der Waals surface area contributed by atoms with Crippen LogP contribution in [0.5, 0.6) is 11.5 Å². The van der Waals surface area contributed by atoms with Gasteiger partial charge in [-0.15, -0.1) is 11.6 Å². The molecule has 0 fully saturated rings. The zero-order valence-corrected chi connectivity index (χ0v) is 16.6. The minimum absolute atomic E-state index is 0.146. The van der Waals surface area contributed by atoms with Crippen LogP contribution in [0.1, 0.15) is 13.8 Å². The van der Waals surface area contributed by atoms with Gasteiger partial charge in [-0.25, -0.2) is 4.57 Å². The molecule has 0 aliphatic heterocycles. The van der Waals surface area contributed by atoms with Gasteiger partial charge in [0.15, 0.2) is 0 Å². The van der Waals surface area contributed by atoms with E-state index in [1.165, 1.54) is 0 Å². The summed E-state index contributed by atoms with van der Waals surface area (Å²) in [5.41, 5.74) is 1.29. The van der Waals surface area contributed by atoms with Crippen LogP contribution in [-0.2, 0) is 9.09 Å². The summed E-state index contributed by atoms with van der Waals surface area (Å²) in [6.45, 7) is 5.15. The Hall–Kier alpha value is -1.88. The van der Waals surface area contributed by atoms with E-state index < -0.39 is 7.67 Å². The van der Waals surface area contributed by atoms with Crippen LogP contribution in [0.25, 0.3) is 0 Å². The second-order valence-electron chi connectivity index (χ2n) is 5.21. The molecule has 0 aliphatic rings. The first-order valence-electron chi connectivity index (χ1n) is 8.41. The van der Waals surface area contributed by atoms with Gasteiger partial charge >= 0.3 is 7.67 Å². The largest absolute Gasteiger partial charge is 0.494 e. The number of nitrogens with one attached hydrogen (secondary N) is 2. The van der Waals surface area contributed by atoms with E-state index in [1.807, 2.05) is 13.8 Å². The van der Waals surface area contributed by atoms with Crippen molar-refractivity contribution >= 4 is 30.6 Å². The standard InChI is InChI=1S/C18H24ClN2O4P/c1-3-23-17-9-5-15(6-10-17)20-26(22,25-14-13-19)21-16-7-11-18(12-8-16)24-4-2/h5-12H,3-4,13-14H2,1-2H3,(H2,20,21,22). The maximum absolute atomic E-state index is 13.2. The van der Waals surface area contributed by atoms with Gasteiger partial charge in [0, 0.05) is 17.3 Å². The lowest BCUT2D eigenvalue weighted by molar-refractivity contribution is 0.339. The van der Waals surface area contributed by atoms with Crippen molar-refractivity contribution in [1.29, 1.82) is 0 Å². The van der Waals surface area contributed by atoms with Gasteiger partial charge < -0.3 is 9.47 Å². The van der Waals surface area contributed by atoms with Crippen LogP contribution in [-0.4, -0.2) is 25.7 Å². The molecule has 0 amide bonds. The number of hydrogen-bond donors (Lipinski definition) is 2. The number of ether oxygens (including phenoxy) is 2. The van der Waals surface area contributed by atoms with E-state index in [1.54, 1.807) is 48.5 Å². The summed E-state index contributed by atoms with van der Waals surface area (Å²) in [6.07, 6.45) is 0. The normalized spacial score (nSPS) is 11.0. The average Bonchev–Trinajstić information content (AvgIpc) is 2.64. The van der Waals surface area contributed by atoms with Gasteiger partial charge in [0.05, 0.1) is 19.8 Å². The summed E-state index contributed by atoms with van der Waals surface area (Å²) in [5.74, 6) is 1.72. The molecule has 6 nitrogen and oxygen atoms in total. The third-order valence-corrected chi connectivity index (χ3v) is 5.04. The molecule has 0 bridgehead atoms. The molecule has 0 spiro atoms. The summed E-state index contributed by atoms with van der Waals surface area (Å²) < 4.78 is 29.5. The van der Waals surface area contributed by atoms with E-state index >= 15 is 0 Å². The van der Waals surface area contributed by atoms with Crippen LogP contribution < -0.4 is 19.6 Å². The van der Waals surface area contributed by atoms with Crippen LogP contribution in [0.15, 0.2) is 48.5 Å². The summed E-state index contributed by atoms with van der Waals surface area (Å²) in [4.78, 5) is 0. The Morgan fingerprint density at radius 1 is 0.846 bits per heavy atom. The predicted octanol–water partition coefficient (Wildman–Crippen LogP) is 5.37. The number of rotatable bonds is 11. The highest BCUT2D eigenvalue weighted by molar-refractivity contribution is 7.62. The fourth-order valence-electron chi connectivity index (χ4n) is 2.18. The van der Waals surface area contributed by atoms with Crippen molar-refractivity contribution in [2.75, 3.05) is 35.9 Å². The van der Waals surface area contributed by atoms with Gasteiger partial charge in [0.2, 0.25) is 0 Å². The molecule has 0 atom stereocenters. The first-order chi connectivity index (χ1) is 12.6. The second-order valence-corrected chi connectivity index (χ2v) is 7.40. The van der Waals surface area contributed by atoms with Crippen molar-refractivity contribution in [1.82, 2.24) is 0 Å². The zero-order valence-electron chi connectivity index (χ0n) is 14.9. The van der Waals surface area contributed by atoms with Crippen molar-refractivity contribution in [3.05, 3.63) is 48.5 Å². The summed E-state index contributed by atoms with van der Waals surface area (Å²) in [5, 5.41) is 5.85. The molecule has 8 heteroatoms. The smallest absolute Gasteiger partial charge is 0.391 e. The van der Waals surface area contributed by atoms with Crippen molar-refractivity contribution in [2.45, 2.75) is 13.8 Å². The molecule has 0 aromatic heterocycles. The zero-order chi connectivity index (χ0) is 18.8. The first kappa shape index (κ1) is 20.4. The van der Waals surface area contributed by atoms with Gasteiger partial charge in [0.1, 0.15) is 11.5 Å². The molecule has 2 aromatic carbocycles. The fraction of sp³-hybridized carbons (Fsp3) is 0.333. The SMILES string of the molecule is CCOc1ccc(NP(=O)(Nc2ccc(OCC)cc2)OCCCl)cc1. The van der Waals surface area contributed by atoms with Crippen LogP contribution >= 0.6 is 19.3 Å². The Morgan fingerprint density at radius 3 is 1.62 bits per heavy atom. The monoisotopic (exact) mass is 398 g/mol. The number of halogens is 1. The van der Waals surface area contributed by atoms with Crippen molar-refractivity contribution in [3.63, 3.8) is 0 Å². The highest BCUT2D eigenvalue weighted by Gasteiger charge is 2.23. The van der Waals surface area contributed by atoms with Crippen LogP contribution in [0, 0.1) is 0 Å². The van der Waals surface area contributed by atoms with Crippen molar-refractivity contribution in [3.8, 4) is 11.5 Å². The lowest BCUT2D eigenvalue weighted by Crippen LogP contribution is -2.11. The molecule has 0 saturated heterocycles. The van der Waals surface area contributed by atoms with E-state index in [9.17, 15) is 4.57 Å². The number of anilines is 2. The molecule has 2 aromatic rings. The van der Waals surface area contributed by atoms with Crippen molar-refractivity contribution in [2.24, 2.45) is 0 Å². The lowest BCUT2D eigenvalue weighted by Gasteiger charge is -2.22. The van der Waals surface area contributed by atoms with E-state index in [0.717, 1.165) is 11.5 Å². The van der Waals surface area contributed by atoms with Crippen LogP contribution in [0.3, 0.4) is 0 Å². The molecular formula is C18H24ClN2O4P. The van der Waals surface area contributed by atoms with Gasteiger partial charge in [-0.3, -0.25) is 14.7 Å². The Morgan fingerprint density at radius 2 is 1.27 bits per heavy atom. The minimum atomic E-state index is -3.41. The summed E-state index contributed by atoms with van der Waals surface area (Å²) in [6, 6.07) is 14.3. The maximum atomic E-state index is 13.2. The molecule has 142 valence electrons. The Bertz CT molecular complexity index is 655. The molecular weight excluding hydrogens is 375 g/mol. The van der Waals surface area contributed by atoms with Crippen LogP contribution in [0.4, 0.5) is 11.4 Å². The number of benzene rings is 2. The summed E-state index contributed by atoms with van der Waals surface area (Å²) in [7, 11) is -3.41. The number of hydrogen-bond acceptors (Lipinski definition) is 4. The van der Waals surface area contributed by atoms with E-state index in [4.69, 9.17) is 25.6 Å². The highest BCUT2D eigenvalue weighted by atomic mass is 35.5. The number of alkyl halides is 1. The molecule has 0 unspecified atom stereocenters.